The van der Waals surface area contributed by atoms with Gasteiger partial charge in [0.25, 0.3) is 0 Å². The van der Waals surface area contributed by atoms with Crippen LogP contribution in [-0.4, -0.2) is 44.3 Å². The fourth-order valence-electron chi connectivity index (χ4n) is 3.92. The van der Waals surface area contributed by atoms with E-state index in [2.05, 4.69) is 33.3 Å². The van der Waals surface area contributed by atoms with Gasteiger partial charge >= 0.3 is 0 Å². The maximum atomic E-state index is 5.72. The molecule has 1 aliphatic heterocycles. The summed E-state index contributed by atoms with van der Waals surface area (Å²) in [5.41, 5.74) is 0.907. The number of piperidine rings is 1. The Hall–Kier alpha value is -2.41. The predicted molar refractivity (Wildman–Crippen MR) is 110 cm³/mol. The molecule has 28 heavy (non-hydrogen) atoms. The molecule has 3 aromatic rings. The van der Waals surface area contributed by atoms with Crippen molar-refractivity contribution in [1.82, 2.24) is 24.6 Å². The van der Waals surface area contributed by atoms with Gasteiger partial charge in [0, 0.05) is 20.0 Å². The Kier molecular flexibility index (Phi) is 5.62. The van der Waals surface area contributed by atoms with Crippen LogP contribution in [-0.2, 0) is 20.0 Å². The zero-order chi connectivity index (χ0) is 19.5. The zero-order valence-electron chi connectivity index (χ0n) is 17.1. The summed E-state index contributed by atoms with van der Waals surface area (Å²) in [6.45, 7) is 8.23. The summed E-state index contributed by atoms with van der Waals surface area (Å²) in [7, 11) is 1.94. The SMILES string of the molecule is CCCc1nc(NCC2CCN(Cc3ccc(C)o3)CC2)c2cnn(C)c2n1. The average molecular weight is 383 g/mol. The van der Waals surface area contributed by atoms with Gasteiger partial charge in [-0.1, -0.05) is 6.92 Å². The first-order chi connectivity index (χ1) is 13.6. The lowest BCUT2D eigenvalue weighted by molar-refractivity contribution is 0.170. The maximum absolute atomic E-state index is 5.72. The minimum atomic E-state index is 0.658. The molecule has 1 fully saturated rings. The molecule has 4 heterocycles. The molecule has 0 aromatic carbocycles. The Morgan fingerprint density at radius 1 is 1.21 bits per heavy atom. The van der Waals surface area contributed by atoms with Gasteiger partial charge in [-0.05, 0) is 57.3 Å². The number of hydrogen-bond donors (Lipinski definition) is 1. The van der Waals surface area contributed by atoms with Gasteiger partial charge in [0.05, 0.1) is 18.1 Å². The van der Waals surface area contributed by atoms with E-state index >= 15 is 0 Å². The Labute approximate surface area is 166 Å². The van der Waals surface area contributed by atoms with Crippen molar-refractivity contribution >= 4 is 16.9 Å². The van der Waals surface area contributed by atoms with Crippen molar-refractivity contribution in [3.05, 3.63) is 35.7 Å². The fraction of sp³-hybridized carbons (Fsp3) is 0.571. The first kappa shape index (κ1) is 18.9. The van der Waals surface area contributed by atoms with Crippen molar-refractivity contribution in [2.75, 3.05) is 25.0 Å². The number of nitrogens with zero attached hydrogens (tertiary/aromatic N) is 5. The van der Waals surface area contributed by atoms with E-state index < -0.39 is 0 Å². The van der Waals surface area contributed by atoms with E-state index in [-0.39, 0.29) is 0 Å². The normalized spacial score (nSPS) is 16.1. The average Bonchev–Trinajstić information content (AvgIpc) is 3.27. The van der Waals surface area contributed by atoms with Crippen LogP contribution in [0.5, 0.6) is 0 Å². The number of aryl methyl sites for hydroxylation is 3. The number of rotatable bonds is 7. The summed E-state index contributed by atoms with van der Waals surface area (Å²) in [6.07, 6.45) is 6.17. The van der Waals surface area contributed by atoms with Gasteiger partial charge in [-0.15, -0.1) is 0 Å². The second-order valence-electron chi connectivity index (χ2n) is 7.86. The Bertz CT molecular complexity index is 922. The molecule has 3 aromatic heterocycles. The molecule has 0 aliphatic carbocycles. The number of anilines is 1. The summed E-state index contributed by atoms with van der Waals surface area (Å²) in [4.78, 5) is 11.9. The highest BCUT2D eigenvalue weighted by molar-refractivity contribution is 5.86. The third-order valence-electron chi connectivity index (χ3n) is 5.55. The van der Waals surface area contributed by atoms with E-state index in [0.29, 0.717) is 5.92 Å². The van der Waals surface area contributed by atoms with E-state index in [0.717, 1.165) is 73.2 Å². The summed E-state index contributed by atoms with van der Waals surface area (Å²) in [5, 5.41) is 8.97. The summed E-state index contributed by atoms with van der Waals surface area (Å²) in [6, 6.07) is 4.13. The number of furan rings is 1. The molecule has 1 N–H and O–H groups in total. The molecule has 0 bridgehead atoms. The number of aromatic nitrogens is 4. The smallest absolute Gasteiger partial charge is 0.163 e. The Morgan fingerprint density at radius 2 is 2.04 bits per heavy atom. The lowest BCUT2D eigenvalue weighted by atomic mass is 9.96. The fourth-order valence-corrected chi connectivity index (χ4v) is 3.92. The summed E-state index contributed by atoms with van der Waals surface area (Å²) < 4.78 is 7.55. The van der Waals surface area contributed by atoms with Crippen LogP contribution in [0.25, 0.3) is 11.0 Å². The van der Waals surface area contributed by atoms with Crippen LogP contribution in [0.2, 0.25) is 0 Å². The second kappa shape index (κ2) is 8.31. The molecule has 1 saturated heterocycles. The van der Waals surface area contributed by atoms with Gasteiger partial charge in [0.1, 0.15) is 23.2 Å². The molecule has 150 valence electrons. The van der Waals surface area contributed by atoms with Crippen LogP contribution in [0.1, 0.15) is 43.5 Å². The molecule has 0 radical (unpaired) electrons. The molecule has 0 amide bonds. The molecule has 0 unspecified atom stereocenters. The van der Waals surface area contributed by atoms with Gasteiger partial charge in [-0.2, -0.15) is 5.10 Å². The van der Waals surface area contributed by atoms with Crippen molar-refractivity contribution in [3.8, 4) is 0 Å². The van der Waals surface area contributed by atoms with E-state index in [1.54, 1.807) is 0 Å². The molecule has 0 saturated carbocycles. The molecule has 0 spiro atoms. The minimum Gasteiger partial charge on any atom is -0.465 e. The van der Waals surface area contributed by atoms with Crippen molar-refractivity contribution < 1.29 is 4.42 Å². The third kappa shape index (κ3) is 4.19. The number of likely N-dealkylation sites (tertiary alicyclic amines) is 1. The summed E-state index contributed by atoms with van der Waals surface area (Å²) >= 11 is 0. The number of nitrogens with one attached hydrogen (secondary N) is 1. The highest BCUT2D eigenvalue weighted by Crippen LogP contribution is 2.23. The molecular formula is C21H30N6O. The van der Waals surface area contributed by atoms with Crippen molar-refractivity contribution in [3.63, 3.8) is 0 Å². The van der Waals surface area contributed by atoms with Crippen LogP contribution in [0.3, 0.4) is 0 Å². The van der Waals surface area contributed by atoms with Crippen LogP contribution >= 0.6 is 0 Å². The van der Waals surface area contributed by atoms with Gasteiger partial charge in [0.2, 0.25) is 0 Å². The van der Waals surface area contributed by atoms with Crippen molar-refractivity contribution in [2.45, 2.75) is 46.1 Å². The van der Waals surface area contributed by atoms with E-state index in [1.165, 1.54) is 12.8 Å². The maximum Gasteiger partial charge on any atom is 0.163 e. The Balaban J connectivity index is 1.35. The first-order valence-corrected chi connectivity index (χ1v) is 10.3. The Morgan fingerprint density at radius 3 is 2.75 bits per heavy atom. The molecule has 0 atom stereocenters. The van der Waals surface area contributed by atoms with E-state index in [1.807, 2.05) is 30.9 Å². The first-order valence-electron chi connectivity index (χ1n) is 10.3. The zero-order valence-corrected chi connectivity index (χ0v) is 17.1. The summed E-state index contributed by atoms with van der Waals surface area (Å²) in [5.74, 6) is 4.53. The molecular weight excluding hydrogens is 352 g/mol. The monoisotopic (exact) mass is 382 g/mol. The van der Waals surface area contributed by atoms with Crippen LogP contribution < -0.4 is 5.32 Å². The lowest BCUT2D eigenvalue weighted by Gasteiger charge is -2.31. The predicted octanol–water partition coefficient (Wildman–Crippen LogP) is 3.54. The topological polar surface area (TPSA) is 72.0 Å². The van der Waals surface area contributed by atoms with Crippen molar-refractivity contribution in [1.29, 1.82) is 0 Å². The highest BCUT2D eigenvalue weighted by atomic mass is 16.3. The molecule has 4 rings (SSSR count). The van der Waals surface area contributed by atoms with E-state index in [9.17, 15) is 0 Å². The molecule has 1 aliphatic rings. The van der Waals surface area contributed by atoms with Gasteiger partial charge in [0.15, 0.2) is 5.65 Å². The van der Waals surface area contributed by atoms with E-state index in [4.69, 9.17) is 9.40 Å². The minimum absolute atomic E-state index is 0.658. The van der Waals surface area contributed by atoms with Crippen LogP contribution in [0, 0.1) is 12.8 Å². The lowest BCUT2D eigenvalue weighted by Crippen LogP contribution is -2.35. The largest absolute Gasteiger partial charge is 0.465 e. The third-order valence-corrected chi connectivity index (χ3v) is 5.55. The number of fused-ring (bicyclic) bond motifs is 1. The van der Waals surface area contributed by atoms with Crippen LogP contribution in [0.4, 0.5) is 5.82 Å². The van der Waals surface area contributed by atoms with Crippen molar-refractivity contribution in [2.24, 2.45) is 13.0 Å². The van der Waals surface area contributed by atoms with Gasteiger partial charge in [-0.25, -0.2) is 9.97 Å². The van der Waals surface area contributed by atoms with Crippen LogP contribution in [0.15, 0.2) is 22.7 Å². The van der Waals surface area contributed by atoms with Gasteiger partial charge < -0.3 is 9.73 Å². The molecule has 7 heteroatoms. The highest BCUT2D eigenvalue weighted by Gasteiger charge is 2.21. The molecule has 7 nitrogen and oxygen atoms in total. The quantitative estimate of drug-likeness (QED) is 0.674. The second-order valence-corrected chi connectivity index (χ2v) is 7.86. The van der Waals surface area contributed by atoms with Gasteiger partial charge in [-0.3, -0.25) is 9.58 Å². The standard InChI is InChI=1S/C21H30N6O/c1-4-5-19-24-20(18-13-23-26(3)21(18)25-19)22-12-16-8-10-27(11-9-16)14-17-7-6-15(2)28-17/h6-7,13,16H,4-5,8-12,14H2,1-3H3,(H,22,24,25). The number of hydrogen-bond acceptors (Lipinski definition) is 6.